The summed E-state index contributed by atoms with van der Waals surface area (Å²) in [6.45, 7) is 7.28. The van der Waals surface area contributed by atoms with Gasteiger partial charge in [0.25, 0.3) is 0 Å². The second-order valence-electron chi connectivity index (χ2n) is 8.82. The van der Waals surface area contributed by atoms with E-state index in [0.717, 1.165) is 63.3 Å². The number of likely N-dealkylation sites (N-methyl/N-ethyl adjacent to an activating group) is 1. The number of carbonyl (C=O) groups excluding carboxylic acids is 1. The Morgan fingerprint density at radius 3 is 2.33 bits per heavy atom. The van der Waals surface area contributed by atoms with E-state index in [9.17, 15) is 9.59 Å². The molecule has 1 atom stereocenters. The number of urea groups is 1. The molecule has 3 aliphatic rings. The first-order valence-corrected chi connectivity index (χ1v) is 11.0. The minimum absolute atomic E-state index is 0. The molecule has 0 aromatic carbocycles. The van der Waals surface area contributed by atoms with E-state index in [4.69, 9.17) is 10.1 Å². The zero-order valence-electron chi connectivity index (χ0n) is 19.2. The van der Waals surface area contributed by atoms with Crippen molar-refractivity contribution in [3.05, 3.63) is 17.6 Å². The van der Waals surface area contributed by atoms with Crippen molar-refractivity contribution in [3.8, 4) is 0 Å². The molecule has 0 aliphatic carbocycles. The topological polar surface area (TPSA) is 93.1 Å². The van der Waals surface area contributed by atoms with E-state index in [2.05, 4.69) is 21.8 Å². The molecule has 1 aromatic rings. The van der Waals surface area contributed by atoms with Gasteiger partial charge in [-0.05, 0) is 19.9 Å². The predicted octanol–water partition coefficient (Wildman–Crippen LogP) is 2.20. The molecule has 3 aliphatic heterocycles. The zero-order chi connectivity index (χ0) is 21.3. The smallest absolute Gasteiger partial charge is 0.326 e. The molecule has 1 unspecified atom stereocenters. The number of fused-ring (bicyclic) bond motifs is 1. The van der Waals surface area contributed by atoms with E-state index in [1.165, 1.54) is 0 Å². The van der Waals surface area contributed by atoms with Gasteiger partial charge in [0.1, 0.15) is 0 Å². The third-order valence-corrected chi connectivity index (χ3v) is 6.65. The molecule has 2 amide bonds. The summed E-state index contributed by atoms with van der Waals surface area (Å²) in [6, 6.07) is 0.230. The molecule has 1 aromatic heterocycles. The summed E-state index contributed by atoms with van der Waals surface area (Å²) in [6.07, 6.45) is 5.29. The monoisotopic (exact) mass is 524 g/mol. The summed E-state index contributed by atoms with van der Waals surface area (Å²) >= 11 is 0. The van der Waals surface area contributed by atoms with E-state index < -0.39 is 5.97 Å². The van der Waals surface area contributed by atoms with Gasteiger partial charge >= 0.3 is 12.0 Å². The van der Waals surface area contributed by atoms with Gasteiger partial charge in [0.2, 0.25) is 0 Å². The molecule has 9 nitrogen and oxygen atoms in total. The standard InChI is InChI=1S/C21H32N6O3.3ClH/c1-15(20(28)29)14-25-9-3-16(4-10-25)26-11-12-27(21(26)30)19-13-22-17-5-7-24(2)8-6-18(17)23-19;;;/h13,15-16H,3-12,14H2,1-2H3,(H,28,29);3*1H. The Morgan fingerprint density at radius 1 is 1.06 bits per heavy atom. The molecule has 1 N–H and O–H groups in total. The molecule has 0 bridgehead atoms. The van der Waals surface area contributed by atoms with Gasteiger partial charge in [0.05, 0.1) is 23.5 Å². The average Bonchev–Trinajstić information content (AvgIpc) is 3.02. The Morgan fingerprint density at radius 2 is 1.70 bits per heavy atom. The van der Waals surface area contributed by atoms with Gasteiger partial charge in [0, 0.05) is 64.7 Å². The minimum Gasteiger partial charge on any atom is -0.481 e. The maximum atomic E-state index is 13.1. The number of aliphatic carboxylic acids is 1. The van der Waals surface area contributed by atoms with E-state index in [0.29, 0.717) is 25.5 Å². The van der Waals surface area contributed by atoms with Crippen molar-refractivity contribution in [1.29, 1.82) is 0 Å². The number of hydrogen-bond acceptors (Lipinski definition) is 6. The SMILES string of the molecule is CC(CN1CCC(N2CCN(c3cnc4c(n3)CCN(C)CC4)C2=O)CC1)C(=O)O.Cl.Cl.Cl. The lowest BCUT2D eigenvalue weighted by molar-refractivity contribution is -0.141. The highest BCUT2D eigenvalue weighted by atomic mass is 35.5. The number of likely N-dealkylation sites (tertiary alicyclic amines) is 1. The lowest BCUT2D eigenvalue weighted by atomic mass is 10.0. The summed E-state index contributed by atoms with van der Waals surface area (Å²) in [4.78, 5) is 41.9. The van der Waals surface area contributed by atoms with Crippen molar-refractivity contribution in [3.63, 3.8) is 0 Å². The van der Waals surface area contributed by atoms with Gasteiger partial charge in [-0.2, -0.15) is 0 Å². The number of anilines is 1. The third kappa shape index (κ3) is 6.82. The molecule has 188 valence electrons. The van der Waals surface area contributed by atoms with Crippen LogP contribution in [-0.2, 0) is 17.6 Å². The summed E-state index contributed by atoms with van der Waals surface area (Å²) in [5.41, 5.74) is 2.07. The second kappa shape index (κ2) is 12.9. The van der Waals surface area contributed by atoms with E-state index in [-0.39, 0.29) is 55.2 Å². The maximum Gasteiger partial charge on any atom is 0.326 e. The number of halogens is 3. The average molecular weight is 526 g/mol. The fourth-order valence-corrected chi connectivity index (χ4v) is 4.67. The molecule has 12 heteroatoms. The molecular formula is C21H35Cl3N6O3. The summed E-state index contributed by atoms with van der Waals surface area (Å²) in [7, 11) is 2.11. The first-order chi connectivity index (χ1) is 14.4. The van der Waals surface area contributed by atoms with Crippen molar-refractivity contribution in [2.75, 3.05) is 57.8 Å². The fourth-order valence-electron chi connectivity index (χ4n) is 4.67. The van der Waals surface area contributed by atoms with Crippen LogP contribution in [0.1, 0.15) is 31.2 Å². The first kappa shape index (κ1) is 29.6. The Labute approximate surface area is 214 Å². The van der Waals surface area contributed by atoms with Gasteiger partial charge in [-0.1, -0.05) is 6.92 Å². The molecular weight excluding hydrogens is 491 g/mol. The molecule has 4 heterocycles. The highest BCUT2D eigenvalue weighted by Gasteiger charge is 2.37. The lowest BCUT2D eigenvalue weighted by Crippen LogP contribution is -2.47. The largest absolute Gasteiger partial charge is 0.481 e. The van der Waals surface area contributed by atoms with Crippen molar-refractivity contribution < 1.29 is 14.7 Å². The highest BCUT2D eigenvalue weighted by Crippen LogP contribution is 2.25. The molecule has 4 rings (SSSR count). The number of rotatable bonds is 5. The van der Waals surface area contributed by atoms with Gasteiger partial charge in [-0.3, -0.25) is 14.7 Å². The van der Waals surface area contributed by atoms with Crippen LogP contribution in [0.5, 0.6) is 0 Å². The minimum atomic E-state index is -0.754. The van der Waals surface area contributed by atoms with Crippen molar-refractivity contribution in [2.45, 2.75) is 38.6 Å². The molecule has 0 saturated carbocycles. The zero-order valence-corrected chi connectivity index (χ0v) is 21.6. The number of nitrogens with zero attached hydrogens (tertiary/aromatic N) is 6. The number of carboxylic acid groups (broad SMARTS) is 1. The second-order valence-corrected chi connectivity index (χ2v) is 8.82. The summed E-state index contributed by atoms with van der Waals surface area (Å²) < 4.78 is 0. The molecule has 33 heavy (non-hydrogen) atoms. The quantitative estimate of drug-likeness (QED) is 0.630. The number of aromatic nitrogens is 2. The van der Waals surface area contributed by atoms with Crippen LogP contribution < -0.4 is 4.90 Å². The van der Waals surface area contributed by atoms with Crippen LogP contribution >= 0.6 is 37.2 Å². The number of carboxylic acids is 1. The number of piperidine rings is 1. The van der Waals surface area contributed by atoms with Crippen LogP contribution in [0.3, 0.4) is 0 Å². The van der Waals surface area contributed by atoms with E-state index >= 15 is 0 Å². The predicted molar refractivity (Wildman–Crippen MR) is 134 cm³/mol. The van der Waals surface area contributed by atoms with Gasteiger partial charge < -0.3 is 19.8 Å². The summed E-state index contributed by atoms with van der Waals surface area (Å²) in [5, 5.41) is 9.11. The number of hydrogen-bond donors (Lipinski definition) is 1. The maximum absolute atomic E-state index is 13.1. The third-order valence-electron chi connectivity index (χ3n) is 6.65. The van der Waals surface area contributed by atoms with Crippen LogP contribution in [0.2, 0.25) is 0 Å². The highest BCUT2D eigenvalue weighted by molar-refractivity contribution is 5.93. The molecule has 0 radical (unpaired) electrons. The Bertz CT molecular complexity index is 809. The Balaban J connectivity index is 0.00000181. The fraction of sp³-hybridized carbons (Fsp3) is 0.714. The molecule has 2 fully saturated rings. The van der Waals surface area contributed by atoms with Gasteiger partial charge in [-0.25, -0.2) is 9.78 Å². The normalized spacial score (nSPS) is 20.7. The Hall–Kier alpha value is -1.39. The first-order valence-electron chi connectivity index (χ1n) is 11.0. The molecule has 0 spiro atoms. The van der Waals surface area contributed by atoms with Crippen molar-refractivity contribution >= 4 is 55.0 Å². The van der Waals surface area contributed by atoms with Crippen LogP contribution in [-0.4, -0.2) is 101 Å². The Kier molecular flexibility index (Phi) is 11.6. The lowest BCUT2D eigenvalue weighted by Gasteiger charge is -2.37. The van der Waals surface area contributed by atoms with Crippen LogP contribution in [0.4, 0.5) is 10.6 Å². The van der Waals surface area contributed by atoms with Crippen molar-refractivity contribution in [2.24, 2.45) is 5.92 Å². The number of amides is 2. The van der Waals surface area contributed by atoms with Crippen LogP contribution in [0, 0.1) is 5.92 Å². The summed E-state index contributed by atoms with van der Waals surface area (Å²) in [5.74, 6) is -0.452. The van der Waals surface area contributed by atoms with Gasteiger partial charge in [-0.15, -0.1) is 37.2 Å². The molecule has 2 saturated heterocycles. The van der Waals surface area contributed by atoms with Gasteiger partial charge in [0.15, 0.2) is 5.82 Å². The van der Waals surface area contributed by atoms with E-state index in [1.54, 1.807) is 18.0 Å². The van der Waals surface area contributed by atoms with Crippen LogP contribution in [0.25, 0.3) is 0 Å². The van der Waals surface area contributed by atoms with Crippen molar-refractivity contribution in [1.82, 2.24) is 24.7 Å². The van der Waals surface area contributed by atoms with Crippen LogP contribution in [0.15, 0.2) is 6.20 Å². The van der Waals surface area contributed by atoms with E-state index in [1.807, 2.05) is 4.90 Å². The number of carbonyl (C=O) groups is 2.